The zero-order valence-corrected chi connectivity index (χ0v) is 23.3. The Morgan fingerprint density at radius 2 is 1.19 bits per heavy atom. The van der Waals surface area contributed by atoms with Crippen LogP contribution in [0.2, 0.25) is 0 Å². The lowest BCUT2D eigenvalue weighted by Gasteiger charge is -2.28. The molecule has 4 N–H and O–H groups in total. The molecule has 2 heterocycles. The first-order chi connectivity index (χ1) is 17.2. The van der Waals surface area contributed by atoms with Gasteiger partial charge in [-0.2, -0.15) is 9.97 Å². The van der Waals surface area contributed by atoms with Crippen molar-refractivity contribution in [1.82, 2.24) is 19.9 Å². The van der Waals surface area contributed by atoms with Crippen LogP contribution in [0.3, 0.4) is 0 Å². The Bertz CT molecular complexity index is 1170. The lowest BCUT2D eigenvalue weighted by molar-refractivity contribution is 0.353. The predicted octanol–water partition coefficient (Wildman–Crippen LogP) is 4.61. The second-order valence-corrected chi connectivity index (χ2v) is 10.1. The van der Waals surface area contributed by atoms with E-state index >= 15 is 0 Å². The highest BCUT2D eigenvalue weighted by Gasteiger charge is 2.27. The van der Waals surface area contributed by atoms with E-state index in [1.54, 1.807) is 13.3 Å². The normalized spacial score (nSPS) is 11.2. The van der Waals surface area contributed by atoms with E-state index in [4.69, 9.17) is 24.7 Å². The minimum atomic E-state index is -0.206. The van der Waals surface area contributed by atoms with Gasteiger partial charge in [-0.3, -0.25) is 0 Å². The first kappa shape index (κ1) is 29.2. The molecule has 3 aromatic rings. The number of nitrogens with one attached hydrogen (secondary N) is 1. The van der Waals surface area contributed by atoms with Crippen molar-refractivity contribution in [3.63, 3.8) is 0 Å². The van der Waals surface area contributed by atoms with Crippen molar-refractivity contribution in [3.8, 4) is 29.5 Å². The minimum Gasteiger partial charge on any atom is -0.507 e. The Balaban J connectivity index is 0.000000364. The number of benzene rings is 1. The molecule has 0 aliphatic heterocycles. The molecule has 0 spiro atoms. The lowest BCUT2D eigenvalue weighted by atomic mass is 9.79. The molecule has 3 rings (SSSR count). The highest BCUT2D eigenvalue weighted by atomic mass is 16.5. The number of aromatic nitrogens is 4. The quantitative estimate of drug-likeness (QED) is 0.396. The molecule has 0 bridgehead atoms. The predicted molar refractivity (Wildman–Crippen MR) is 143 cm³/mol. The maximum absolute atomic E-state index is 10.8. The molecule has 0 saturated heterocycles. The average molecular weight is 515 g/mol. The Kier molecular flexibility index (Phi) is 9.32. The lowest BCUT2D eigenvalue weighted by Crippen LogP contribution is -2.17. The summed E-state index contributed by atoms with van der Waals surface area (Å²) >= 11 is 0. The smallest absolute Gasteiger partial charge is 0.319 e. The van der Waals surface area contributed by atoms with Crippen LogP contribution in [0.4, 0.5) is 17.1 Å². The summed E-state index contributed by atoms with van der Waals surface area (Å²) in [5, 5.41) is 14.1. The van der Waals surface area contributed by atoms with E-state index in [1.807, 2.05) is 12.1 Å². The van der Waals surface area contributed by atoms with E-state index in [0.717, 1.165) is 16.8 Å². The Morgan fingerprint density at radius 3 is 1.62 bits per heavy atom. The van der Waals surface area contributed by atoms with Gasteiger partial charge >= 0.3 is 12.0 Å². The number of aromatic hydroxyl groups is 1. The SMILES string of the molecule is COc1ncc(N)c(OC)n1.COc1ncc(Nc2cc(C(C)(C)C)c(O)c(C(C)(C)C)c2)c(OC)n1. The van der Waals surface area contributed by atoms with Gasteiger partial charge < -0.3 is 35.1 Å². The molecule has 0 aliphatic rings. The number of nitrogens with zero attached hydrogens (tertiary/aromatic N) is 4. The molecule has 1 aromatic carbocycles. The van der Waals surface area contributed by atoms with Crippen molar-refractivity contribution < 1.29 is 24.1 Å². The van der Waals surface area contributed by atoms with Crippen molar-refractivity contribution in [3.05, 3.63) is 35.7 Å². The number of methoxy groups -OCH3 is 4. The van der Waals surface area contributed by atoms with E-state index in [2.05, 4.69) is 66.8 Å². The second-order valence-electron chi connectivity index (χ2n) is 10.1. The van der Waals surface area contributed by atoms with Gasteiger partial charge in [0.15, 0.2) is 0 Å². The molecule has 202 valence electrons. The zero-order chi connectivity index (χ0) is 28.0. The van der Waals surface area contributed by atoms with Gasteiger partial charge in [0.1, 0.15) is 17.1 Å². The van der Waals surface area contributed by atoms with Crippen LogP contribution in [-0.4, -0.2) is 53.5 Å². The van der Waals surface area contributed by atoms with Gasteiger partial charge in [0, 0.05) is 16.8 Å². The largest absolute Gasteiger partial charge is 0.507 e. The number of hydrogen-bond donors (Lipinski definition) is 3. The van der Waals surface area contributed by atoms with E-state index < -0.39 is 0 Å². The van der Waals surface area contributed by atoms with Gasteiger partial charge in [0.2, 0.25) is 11.8 Å². The summed E-state index contributed by atoms with van der Waals surface area (Å²) in [6, 6.07) is 4.39. The second kappa shape index (κ2) is 11.8. The molecule has 2 aromatic heterocycles. The molecular weight excluding hydrogens is 476 g/mol. The van der Waals surface area contributed by atoms with Crippen molar-refractivity contribution >= 4 is 17.1 Å². The van der Waals surface area contributed by atoms with Crippen molar-refractivity contribution in [1.29, 1.82) is 0 Å². The number of rotatable bonds is 6. The summed E-state index contributed by atoms with van der Waals surface area (Å²) < 4.78 is 20.0. The van der Waals surface area contributed by atoms with Gasteiger partial charge in [-0.05, 0) is 23.0 Å². The van der Waals surface area contributed by atoms with Crippen molar-refractivity contribution in [2.45, 2.75) is 52.4 Å². The highest BCUT2D eigenvalue weighted by Crippen LogP contribution is 2.42. The molecular formula is C26H38N6O5. The van der Waals surface area contributed by atoms with Gasteiger partial charge in [-0.15, -0.1) is 0 Å². The Morgan fingerprint density at radius 1 is 0.730 bits per heavy atom. The fourth-order valence-electron chi connectivity index (χ4n) is 3.32. The summed E-state index contributed by atoms with van der Waals surface area (Å²) in [6.07, 6.45) is 3.05. The summed E-state index contributed by atoms with van der Waals surface area (Å²) in [4.78, 5) is 15.9. The molecule has 37 heavy (non-hydrogen) atoms. The van der Waals surface area contributed by atoms with Crippen LogP contribution in [0.1, 0.15) is 52.7 Å². The molecule has 0 atom stereocenters. The average Bonchev–Trinajstić information content (AvgIpc) is 2.84. The Hall–Kier alpha value is -4.02. The van der Waals surface area contributed by atoms with Gasteiger partial charge in [0.05, 0.1) is 40.8 Å². The van der Waals surface area contributed by atoms with E-state index in [1.165, 1.54) is 27.5 Å². The van der Waals surface area contributed by atoms with Crippen molar-refractivity contribution in [2.24, 2.45) is 0 Å². The van der Waals surface area contributed by atoms with Crippen LogP contribution >= 0.6 is 0 Å². The topological polar surface area (TPSA) is 147 Å². The fraction of sp³-hybridized carbons (Fsp3) is 0.462. The zero-order valence-electron chi connectivity index (χ0n) is 23.3. The van der Waals surface area contributed by atoms with Gasteiger partial charge in [0.25, 0.3) is 0 Å². The third-order valence-electron chi connectivity index (χ3n) is 5.25. The molecule has 11 heteroatoms. The molecule has 0 saturated carbocycles. The summed E-state index contributed by atoms with van der Waals surface area (Å²) in [7, 11) is 6.01. The van der Waals surface area contributed by atoms with Gasteiger partial charge in [-0.1, -0.05) is 41.5 Å². The van der Waals surface area contributed by atoms with E-state index in [0.29, 0.717) is 28.9 Å². The van der Waals surface area contributed by atoms with E-state index in [-0.39, 0.29) is 22.9 Å². The Labute approximate surface area is 218 Å². The van der Waals surface area contributed by atoms with Gasteiger partial charge in [-0.25, -0.2) is 9.97 Å². The van der Waals surface area contributed by atoms with E-state index in [9.17, 15) is 5.11 Å². The standard InChI is InChI=1S/C20H29N3O3.C6H9N3O2/c1-19(2,3)13-9-12(10-14(16(13)24)20(4,5)6)22-15-11-21-18(26-8)23-17(15)25-7;1-10-5-4(7)3-8-6(9-5)11-2/h9-11,22,24H,1-8H3;3H,7H2,1-2H3. The molecule has 0 amide bonds. The van der Waals surface area contributed by atoms with Crippen LogP contribution in [0.5, 0.6) is 29.5 Å². The number of ether oxygens (including phenoxy) is 4. The number of hydrogen-bond acceptors (Lipinski definition) is 11. The monoisotopic (exact) mass is 514 g/mol. The fourth-order valence-corrected chi connectivity index (χ4v) is 3.32. The first-order valence-electron chi connectivity index (χ1n) is 11.6. The number of phenolic OH excluding ortho intramolecular Hbond substituents is 1. The maximum atomic E-state index is 10.8. The summed E-state index contributed by atoms with van der Waals surface area (Å²) in [5.41, 5.74) is 8.65. The molecule has 0 aliphatic carbocycles. The molecule has 0 unspecified atom stereocenters. The molecule has 0 fully saturated rings. The summed E-state index contributed by atoms with van der Waals surface area (Å²) in [6.45, 7) is 12.5. The highest BCUT2D eigenvalue weighted by molar-refractivity contribution is 5.68. The number of nitrogens with two attached hydrogens (primary N) is 1. The summed E-state index contributed by atoms with van der Waals surface area (Å²) in [5.74, 6) is 1.06. The van der Waals surface area contributed by atoms with Crippen LogP contribution < -0.4 is 30.0 Å². The number of anilines is 3. The maximum Gasteiger partial charge on any atom is 0.319 e. The third kappa shape index (κ3) is 7.48. The molecule has 11 nitrogen and oxygen atoms in total. The minimum absolute atomic E-state index is 0.206. The van der Waals surface area contributed by atoms with Crippen molar-refractivity contribution in [2.75, 3.05) is 39.5 Å². The molecule has 0 radical (unpaired) electrons. The number of nitrogen functional groups attached to an aromatic ring is 1. The van der Waals surface area contributed by atoms with Crippen LogP contribution in [0.25, 0.3) is 0 Å². The van der Waals surface area contributed by atoms with Crippen LogP contribution in [0.15, 0.2) is 24.5 Å². The third-order valence-corrected chi connectivity index (χ3v) is 5.25. The van der Waals surface area contributed by atoms with Crippen LogP contribution in [0, 0.1) is 0 Å². The first-order valence-corrected chi connectivity index (χ1v) is 11.6. The van der Waals surface area contributed by atoms with Crippen LogP contribution in [-0.2, 0) is 10.8 Å². The number of phenols is 1.